The number of esters is 1. The number of carbonyl (C=O) groups excluding carboxylic acids is 2. The van der Waals surface area contributed by atoms with Crippen molar-refractivity contribution in [1.29, 1.82) is 0 Å². The SMILES string of the molecule is CCCCC/C=C\C/C=C\CCCCCCCC(=O)OCCCCCCCCCCC/C=C\CCCCCCCCCC(=O)NC(CO)C(O)CCCCCCCCCCCCC. The van der Waals surface area contributed by atoms with Gasteiger partial charge in [0.05, 0.1) is 25.4 Å². The Morgan fingerprint density at radius 3 is 1.25 bits per heavy atom. The van der Waals surface area contributed by atoms with Gasteiger partial charge in [-0.05, 0) is 83.5 Å². The lowest BCUT2D eigenvalue weighted by atomic mass is 10.0. The largest absolute Gasteiger partial charge is 0.466 e. The molecule has 6 heteroatoms. The van der Waals surface area contributed by atoms with E-state index in [0.717, 1.165) is 51.4 Å². The second kappa shape index (κ2) is 52.7. The molecular weight excluding hydrogens is 779 g/mol. The van der Waals surface area contributed by atoms with Gasteiger partial charge in [0.1, 0.15) is 0 Å². The maximum absolute atomic E-state index is 12.4. The van der Waals surface area contributed by atoms with E-state index in [9.17, 15) is 19.8 Å². The average Bonchev–Trinajstić information content (AvgIpc) is 3.28. The van der Waals surface area contributed by atoms with E-state index in [0.29, 0.717) is 25.9 Å². The van der Waals surface area contributed by atoms with Crippen LogP contribution in [-0.2, 0) is 14.3 Å². The molecule has 0 rings (SSSR count). The average molecular weight is 886 g/mol. The normalized spacial score (nSPS) is 12.9. The summed E-state index contributed by atoms with van der Waals surface area (Å²) in [4.78, 5) is 24.5. The van der Waals surface area contributed by atoms with Crippen LogP contribution in [0.15, 0.2) is 36.5 Å². The zero-order valence-electron chi connectivity index (χ0n) is 42.1. The van der Waals surface area contributed by atoms with Crippen LogP contribution in [0, 0.1) is 0 Å². The number of nitrogens with one attached hydrogen (secondary N) is 1. The second-order valence-electron chi connectivity index (χ2n) is 18.9. The molecule has 0 aliphatic rings. The van der Waals surface area contributed by atoms with E-state index in [4.69, 9.17) is 4.74 Å². The van der Waals surface area contributed by atoms with Crippen molar-refractivity contribution in [2.45, 2.75) is 302 Å². The summed E-state index contributed by atoms with van der Waals surface area (Å²) < 4.78 is 5.46. The minimum absolute atomic E-state index is 0.00822. The minimum atomic E-state index is -0.669. The summed E-state index contributed by atoms with van der Waals surface area (Å²) in [6.07, 6.45) is 64.1. The van der Waals surface area contributed by atoms with Crippen LogP contribution >= 0.6 is 0 Å². The molecule has 0 aliphatic heterocycles. The highest BCUT2D eigenvalue weighted by molar-refractivity contribution is 5.76. The fourth-order valence-corrected chi connectivity index (χ4v) is 8.37. The quantitative estimate of drug-likeness (QED) is 0.0321. The predicted octanol–water partition coefficient (Wildman–Crippen LogP) is 16.9. The van der Waals surface area contributed by atoms with Crippen molar-refractivity contribution in [2.75, 3.05) is 13.2 Å². The Labute approximate surface area is 392 Å². The van der Waals surface area contributed by atoms with Crippen molar-refractivity contribution >= 4 is 11.9 Å². The van der Waals surface area contributed by atoms with Crippen LogP contribution in [0.25, 0.3) is 0 Å². The Hall–Kier alpha value is -1.92. The van der Waals surface area contributed by atoms with Crippen molar-refractivity contribution in [2.24, 2.45) is 0 Å². The number of allylic oxidation sites excluding steroid dienone is 6. The summed E-state index contributed by atoms with van der Waals surface area (Å²) in [5, 5.41) is 23.1. The lowest BCUT2D eigenvalue weighted by Gasteiger charge is -2.22. The molecule has 0 aromatic heterocycles. The molecule has 0 spiro atoms. The highest BCUT2D eigenvalue weighted by Crippen LogP contribution is 2.16. The van der Waals surface area contributed by atoms with Gasteiger partial charge in [0, 0.05) is 12.8 Å². The number of hydrogen-bond donors (Lipinski definition) is 3. The Bertz CT molecular complexity index is 1020. The van der Waals surface area contributed by atoms with E-state index in [2.05, 4.69) is 55.6 Å². The lowest BCUT2D eigenvalue weighted by Crippen LogP contribution is -2.45. The maximum Gasteiger partial charge on any atom is 0.305 e. The number of carbonyl (C=O) groups is 2. The molecule has 2 unspecified atom stereocenters. The van der Waals surface area contributed by atoms with Gasteiger partial charge >= 0.3 is 5.97 Å². The maximum atomic E-state index is 12.4. The van der Waals surface area contributed by atoms with E-state index in [1.54, 1.807) is 0 Å². The molecule has 0 fully saturated rings. The monoisotopic (exact) mass is 886 g/mol. The third-order valence-electron chi connectivity index (χ3n) is 12.7. The number of rotatable bonds is 51. The highest BCUT2D eigenvalue weighted by atomic mass is 16.5. The molecule has 1 amide bonds. The van der Waals surface area contributed by atoms with Crippen LogP contribution in [0.3, 0.4) is 0 Å². The van der Waals surface area contributed by atoms with Gasteiger partial charge in [-0.25, -0.2) is 0 Å². The fourth-order valence-electron chi connectivity index (χ4n) is 8.37. The molecular formula is C57H107NO5. The number of unbranched alkanes of at least 4 members (excludes halogenated alkanes) is 34. The summed E-state index contributed by atoms with van der Waals surface area (Å²) in [7, 11) is 0. The first kappa shape index (κ1) is 61.1. The Balaban J connectivity index is 3.43. The van der Waals surface area contributed by atoms with Gasteiger partial charge in [0.25, 0.3) is 0 Å². The lowest BCUT2D eigenvalue weighted by molar-refractivity contribution is -0.143. The van der Waals surface area contributed by atoms with Gasteiger partial charge < -0.3 is 20.3 Å². The van der Waals surface area contributed by atoms with Gasteiger partial charge in [-0.3, -0.25) is 9.59 Å². The standard InChI is InChI=1S/C57H107NO5/c1-3-5-7-9-11-13-15-16-23-27-31-35-39-43-47-51-57(62)63-52-48-44-40-36-32-28-25-22-20-18-17-19-21-24-26-30-34-38-42-46-50-56(61)58-54(53-59)55(60)49-45-41-37-33-29-14-12-10-8-6-4-2/h11,13,16-17,19,23,54-55,59-60H,3-10,12,14-15,18,20-22,24-53H2,1-2H3,(H,58,61)/b13-11-,19-17-,23-16-. The summed E-state index contributed by atoms with van der Waals surface area (Å²) in [5.74, 6) is -0.0536. The number of ether oxygens (including phenoxy) is 1. The molecule has 0 aromatic carbocycles. The van der Waals surface area contributed by atoms with Gasteiger partial charge in [-0.2, -0.15) is 0 Å². The molecule has 0 aromatic rings. The first-order valence-electron chi connectivity index (χ1n) is 27.7. The Morgan fingerprint density at radius 1 is 0.444 bits per heavy atom. The predicted molar refractivity (Wildman–Crippen MR) is 273 cm³/mol. The van der Waals surface area contributed by atoms with Gasteiger partial charge in [0.2, 0.25) is 5.91 Å². The first-order valence-corrected chi connectivity index (χ1v) is 27.7. The molecule has 370 valence electrons. The molecule has 6 nitrogen and oxygen atoms in total. The molecule has 0 saturated heterocycles. The van der Waals surface area contributed by atoms with Crippen molar-refractivity contribution in [3.63, 3.8) is 0 Å². The zero-order valence-corrected chi connectivity index (χ0v) is 42.1. The van der Waals surface area contributed by atoms with Crippen LogP contribution < -0.4 is 5.32 Å². The summed E-state index contributed by atoms with van der Waals surface area (Å²) in [6, 6.07) is -0.547. The van der Waals surface area contributed by atoms with Crippen LogP contribution in [0.2, 0.25) is 0 Å². The number of hydrogen-bond acceptors (Lipinski definition) is 5. The van der Waals surface area contributed by atoms with E-state index >= 15 is 0 Å². The Morgan fingerprint density at radius 2 is 0.794 bits per heavy atom. The first-order chi connectivity index (χ1) is 31.0. The molecule has 3 N–H and O–H groups in total. The number of aliphatic hydroxyl groups excluding tert-OH is 2. The van der Waals surface area contributed by atoms with E-state index < -0.39 is 12.1 Å². The smallest absolute Gasteiger partial charge is 0.305 e. The van der Waals surface area contributed by atoms with E-state index in [-0.39, 0.29) is 18.5 Å². The summed E-state index contributed by atoms with van der Waals surface area (Å²) >= 11 is 0. The van der Waals surface area contributed by atoms with Crippen LogP contribution in [0.5, 0.6) is 0 Å². The topological polar surface area (TPSA) is 95.9 Å². The van der Waals surface area contributed by atoms with Crippen molar-refractivity contribution in [3.05, 3.63) is 36.5 Å². The van der Waals surface area contributed by atoms with E-state index in [1.807, 2.05) is 0 Å². The molecule has 0 bridgehead atoms. The zero-order chi connectivity index (χ0) is 45.8. The van der Waals surface area contributed by atoms with Crippen molar-refractivity contribution < 1.29 is 24.5 Å². The third kappa shape index (κ3) is 49.4. The molecule has 0 radical (unpaired) electrons. The summed E-state index contributed by atoms with van der Waals surface area (Å²) in [5.41, 5.74) is 0. The van der Waals surface area contributed by atoms with Crippen LogP contribution in [-0.4, -0.2) is 47.4 Å². The van der Waals surface area contributed by atoms with E-state index in [1.165, 1.54) is 205 Å². The molecule has 2 atom stereocenters. The van der Waals surface area contributed by atoms with Crippen molar-refractivity contribution in [3.8, 4) is 0 Å². The van der Waals surface area contributed by atoms with Crippen LogP contribution in [0.4, 0.5) is 0 Å². The third-order valence-corrected chi connectivity index (χ3v) is 12.7. The molecule has 0 saturated carbocycles. The molecule has 63 heavy (non-hydrogen) atoms. The fraction of sp³-hybridized carbons (Fsp3) is 0.860. The molecule has 0 aliphatic carbocycles. The number of aliphatic hydroxyl groups is 2. The van der Waals surface area contributed by atoms with Gasteiger partial charge in [0.15, 0.2) is 0 Å². The highest BCUT2D eigenvalue weighted by Gasteiger charge is 2.20. The second-order valence-corrected chi connectivity index (χ2v) is 18.9. The van der Waals surface area contributed by atoms with Crippen molar-refractivity contribution in [1.82, 2.24) is 5.32 Å². The minimum Gasteiger partial charge on any atom is -0.466 e. The summed E-state index contributed by atoms with van der Waals surface area (Å²) in [6.45, 7) is 4.90. The van der Waals surface area contributed by atoms with Crippen LogP contribution in [0.1, 0.15) is 290 Å². The number of amides is 1. The van der Waals surface area contributed by atoms with Gasteiger partial charge in [-0.1, -0.05) is 230 Å². The Kier molecular flexibility index (Phi) is 51.1. The molecule has 0 heterocycles. The van der Waals surface area contributed by atoms with Gasteiger partial charge in [-0.15, -0.1) is 0 Å².